The zero-order valence-corrected chi connectivity index (χ0v) is 12.2. The van der Waals surface area contributed by atoms with Gasteiger partial charge in [-0.25, -0.2) is 0 Å². The van der Waals surface area contributed by atoms with Gasteiger partial charge in [0.1, 0.15) is 17.6 Å². The second-order valence-electron chi connectivity index (χ2n) is 5.52. The first-order chi connectivity index (χ1) is 10.2. The zero-order chi connectivity index (χ0) is 14.7. The van der Waals surface area contributed by atoms with E-state index in [1.165, 1.54) is 11.1 Å². The molecule has 1 aliphatic rings. The minimum absolute atomic E-state index is 0.201. The van der Waals surface area contributed by atoms with Gasteiger partial charge in [-0.15, -0.1) is 0 Å². The number of rotatable bonds is 4. The van der Waals surface area contributed by atoms with Gasteiger partial charge < -0.3 is 19.6 Å². The lowest BCUT2D eigenvalue weighted by Gasteiger charge is -2.20. The van der Waals surface area contributed by atoms with Gasteiger partial charge in [0, 0.05) is 18.2 Å². The molecule has 112 valence electrons. The van der Waals surface area contributed by atoms with Gasteiger partial charge in [0.05, 0.1) is 12.9 Å². The number of furan rings is 1. The largest absolute Gasteiger partial charge is 0.493 e. The Kier molecular flexibility index (Phi) is 4.27. The average molecular weight is 287 g/mol. The van der Waals surface area contributed by atoms with Crippen molar-refractivity contribution in [3.05, 3.63) is 53.5 Å². The highest BCUT2D eigenvalue weighted by Gasteiger charge is 2.21. The Morgan fingerprint density at radius 2 is 2.29 bits per heavy atom. The van der Waals surface area contributed by atoms with Gasteiger partial charge in [0.15, 0.2) is 0 Å². The SMILES string of the molecule is Cc1ccc2c(c1)C(NCC(O)c1ccco1)CCCO2. The third-order valence-corrected chi connectivity index (χ3v) is 3.86. The fourth-order valence-electron chi connectivity index (χ4n) is 2.74. The molecule has 0 saturated heterocycles. The summed E-state index contributed by atoms with van der Waals surface area (Å²) in [5.74, 6) is 1.54. The van der Waals surface area contributed by atoms with E-state index in [0.29, 0.717) is 12.3 Å². The number of fused-ring (bicyclic) bond motifs is 1. The molecule has 2 unspecified atom stereocenters. The Balaban J connectivity index is 1.72. The monoisotopic (exact) mass is 287 g/mol. The maximum atomic E-state index is 10.1. The molecule has 1 aromatic heterocycles. The molecule has 0 aliphatic carbocycles. The Hall–Kier alpha value is -1.78. The number of hydrogen-bond acceptors (Lipinski definition) is 4. The van der Waals surface area contributed by atoms with Crippen LogP contribution in [-0.2, 0) is 0 Å². The zero-order valence-electron chi connectivity index (χ0n) is 12.2. The van der Waals surface area contributed by atoms with Crippen LogP contribution in [0.5, 0.6) is 5.75 Å². The summed E-state index contributed by atoms with van der Waals surface area (Å²) >= 11 is 0. The summed E-state index contributed by atoms with van der Waals surface area (Å²) in [6.45, 7) is 3.29. The van der Waals surface area contributed by atoms with E-state index in [0.717, 1.165) is 25.2 Å². The predicted octanol–water partition coefficient (Wildman–Crippen LogP) is 3.12. The van der Waals surface area contributed by atoms with Crippen LogP contribution in [0, 0.1) is 6.92 Å². The first kappa shape index (κ1) is 14.2. The normalized spacial score (nSPS) is 19.4. The van der Waals surface area contributed by atoms with Crippen LogP contribution in [-0.4, -0.2) is 18.3 Å². The molecule has 2 aromatic rings. The van der Waals surface area contributed by atoms with E-state index >= 15 is 0 Å². The van der Waals surface area contributed by atoms with Crippen LogP contribution >= 0.6 is 0 Å². The van der Waals surface area contributed by atoms with E-state index in [4.69, 9.17) is 9.15 Å². The minimum Gasteiger partial charge on any atom is -0.493 e. The molecule has 0 bridgehead atoms. The molecule has 2 atom stereocenters. The van der Waals surface area contributed by atoms with E-state index in [9.17, 15) is 5.11 Å². The van der Waals surface area contributed by atoms with E-state index in [1.54, 1.807) is 18.4 Å². The second-order valence-corrected chi connectivity index (χ2v) is 5.52. The molecule has 0 saturated carbocycles. The van der Waals surface area contributed by atoms with E-state index in [-0.39, 0.29) is 6.04 Å². The van der Waals surface area contributed by atoms with Gasteiger partial charge in [-0.05, 0) is 38.0 Å². The first-order valence-corrected chi connectivity index (χ1v) is 7.42. The van der Waals surface area contributed by atoms with Crippen LogP contribution < -0.4 is 10.1 Å². The molecule has 2 N–H and O–H groups in total. The van der Waals surface area contributed by atoms with Gasteiger partial charge in [0.25, 0.3) is 0 Å². The number of aliphatic hydroxyl groups is 1. The fourth-order valence-corrected chi connectivity index (χ4v) is 2.74. The van der Waals surface area contributed by atoms with Crippen molar-refractivity contribution in [1.82, 2.24) is 5.32 Å². The minimum atomic E-state index is -0.627. The molecule has 0 amide bonds. The standard InChI is InChI=1S/C17H21NO3/c1-12-6-7-16-13(10-12)14(4-2-8-20-16)18-11-15(19)17-5-3-9-21-17/h3,5-7,9-10,14-15,18-19H,2,4,8,11H2,1H3. The summed E-state index contributed by atoms with van der Waals surface area (Å²) in [5.41, 5.74) is 2.40. The Morgan fingerprint density at radius 3 is 3.10 bits per heavy atom. The highest BCUT2D eigenvalue weighted by Crippen LogP contribution is 2.32. The maximum absolute atomic E-state index is 10.1. The summed E-state index contributed by atoms with van der Waals surface area (Å²) in [7, 11) is 0. The lowest BCUT2D eigenvalue weighted by Crippen LogP contribution is -2.26. The van der Waals surface area contributed by atoms with Crippen molar-refractivity contribution in [2.24, 2.45) is 0 Å². The van der Waals surface area contributed by atoms with Gasteiger partial charge in [-0.2, -0.15) is 0 Å². The van der Waals surface area contributed by atoms with Crippen LogP contribution in [0.1, 0.15) is 41.9 Å². The number of hydrogen-bond donors (Lipinski definition) is 2. The molecule has 4 heteroatoms. The number of ether oxygens (including phenoxy) is 1. The summed E-state index contributed by atoms with van der Waals surface area (Å²) in [6, 6.07) is 10.0. The second kappa shape index (κ2) is 6.33. The molecule has 0 radical (unpaired) electrons. The van der Waals surface area contributed by atoms with Gasteiger partial charge in [-0.3, -0.25) is 0 Å². The molecular formula is C17H21NO3. The van der Waals surface area contributed by atoms with Crippen molar-refractivity contribution >= 4 is 0 Å². The number of nitrogens with one attached hydrogen (secondary N) is 1. The van der Waals surface area contributed by atoms with Crippen molar-refractivity contribution in [3.8, 4) is 5.75 Å². The lowest BCUT2D eigenvalue weighted by molar-refractivity contribution is 0.142. The summed E-state index contributed by atoms with van der Waals surface area (Å²) < 4.78 is 11.0. The van der Waals surface area contributed by atoms with Crippen LogP contribution in [0.25, 0.3) is 0 Å². The van der Waals surface area contributed by atoms with Crippen LogP contribution in [0.3, 0.4) is 0 Å². The number of benzene rings is 1. The molecule has 4 nitrogen and oxygen atoms in total. The summed E-state index contributed by atoms with van der Waals surface area (Å²) in [4.78, 5) is 0. The Morgan fingerprint density at radius 1 is 1.38 bits per heavy atom. The van der Waals surface area contributed by atoms with Crippen LogP contribution in [0.15, 0.2) is 41.0 Å². The quantitative estimate of drug-likeness (QED) is 0.907. The molecule has 21 heavy (non-hydrogen) atoms. The number of aryl methyl sites for hydroxylation is 1. The third-order valence-electron chi connectivity index (χ3n) is 3.86. The van der Waals surface area contributed by atoms with E-state index < -0.39 is 6.10 Å². The highest BCUT2D eigenvalue weighted by molar-refractivity contribution is 5.39. The third kappa shape index (κ3) is 3.28. The van der Waals surface area contributed by atoms with Gasteiger partial charge in [-0.1, -0.05) is 17.7 Å². The van der Waals surface area contributed by atoms with Gasteiger partial charge in [0.2, 0.25) is 0 Å². The molecule has 0 fully saturated rings. The molecule has 0 spiro atoms. The van der Waals surface area contributed by atoms with E-state index in [1.807, 2.05) is 6.07 Å². The predicted molar refractivity (Wildman–Crippen MR) is 80.3 cm³/mol. The van der Waals surface area contributed by atoms with Crippen molar-refractivity contribution in [2.45, 2.75) is 31.9 Å². The first-order valence-electron chi connectivity index (χ1n) is 7.42. The van der Waals surface area contributed by atoms with Crippen molar-refractivity contribution < 1.29 is 14.3 Å². The topological polar surface area (TPSA) is 54.6 Å². The number of aliphatic hydroxyl groups excluding tert-OH is 1. The summed E-state index contributed by atoms with van der Waals surface area (Å²) in [6.07, 6.45) is 2.96. The Labute approximate surface area is 124 Å². The smallest absolute Gasteiger partial charge is 0.133 e. The average Bonchev–Trinajstić information content (AvgIpc) is 2.95. The van der Waals surface area contributed by atoms with E-state index in [2.05, 4.69) is 24.4 Å². The lowest BCUT2D eigenvalue weighted by atomic mass is 10.00. The van der Waals surface area contributed by atoms with Crippen LogP contribution in [0.2, 0.25) is 0 Å². The van der Waals surface area contributed by atoms with Gasteiger partial charge >= 0.3 is 0 Å². The molecule has 2 heterocycles. The molecular weight excluding hydrogens is 266 g/mol. The molecule has 1 aromatic carbocycles. The summed E-state index contributed by atoms with van der Waals surface area (Å²) in [5, 5.41) is 13.6. The Bertz CT molecular complexity index is 580. The van der Waals surface area contributed by atoms with Crippen molar-refractivity contribution in [2.75, 3.05) is 13.2 Å². The van der Waals surface area contributed by atoms with Crippen molar-refractivity contribution in [1.29, 1.82) is 0 Å². The van der Waals surface area contributed by atoms with Crippen LogP contribution in [0.4, 0.5) is 0 Å². The fraction of sp³-hybridized carbons (Fsp3) is 0.412. The molecule has 1 aliphatic heterocycles. The maximum Gasteiger partial charge on any atom is 0.133 e. The van der Waals surface area contributed by atoms with Crippen molar-refractivity contribution in [3.63, 3.8) is 0 Å². The highest BCUT2D eigenvalue weighted by atomic mass is 16.5. The molecule has 3 rings (SSSR count).